The number of halogens is 3. The van der Waals surface area contributed by atoms with Gasteiger partial charge in [0, 0.05) is 14.2 Å². The molecule has 0 aliphatic carbocycles. The third-order valence-corrected chi connectivity index (χ3v) is 3.88. The number of ether oxygens (including phenoxy) is 4. The second-order valence-corrected chi connectivity index (χ2v) is 7.19. The van der Waals surface area contributed by atoms with E-state index in [9.17, 15) is 13.2 Å². The van der Waals surface area contributed by atoms with E-state index >= 15 is 0 Å². The molecule has 0 fully saturated rings. The molecule has 0 amide bonds. The molecule has 17 heteroatoms. The average Bonchev–Trinajstić information content (AvgIpc) is 2.57. The summed E-state index contributed by atoms with van der Waals surface area (Å²) < 4.78 is 92.1. The standard InChI is InChI=1S/C10H23NO6P2.CHF3O3S.Li.H/c1-12-3-5-14-7-9-16-18-11-19-17-10-8-15-6-4-13-2;2-1(3,4)8(5,6)7;;/h18H,3-10H2,1-2H3;(H,5,6,7);;/q;;+1;-1. The molecule has 0 aliphatic heterocycles. The number of nitrogens with zero attached hydrogens (tertiary/aromatic N) is 1. The molecule has 1 unspecified atom stereocenters. The Hall–Kier alpha value is 0.587. The third-order valence-electron chi connectivity index (χ3n) is 2.01. The van der Waals surface area contributed by atoms with Gasteiger partial charge in [0.15, 0.2) is 8.60 Å². The maximum absolute atomic E-state index is 10.7. The molecule has 28 heavy (non-hydrogen) atoms. The SMILES string of the molecule is COCCOCCOP=NPOCCOCCOC.O=S(=O)(O)C(F)(F)F.[H-].[Li+]. The first-order chi connectivity index (χ1) is 12.7. The van der Waals surface area contributed by atoms with E-state index in [2.05, 4.69) is 4.52 Å². The minimum absolute atomic E-state index is 0. The van der Waals surface area contributed by atoms with Crippen molar-refractivity contribution in [2.45, 2.75) is 5.51 Å². The van der Waals surface area contributed by atoms with Crippen LogP contribution in [-0.2, 0) is 38.1 Å². The van der Waals surface area contributed by atoms with Crippen molar-refractivity contribution in [3.63, 3.8) is 0 Å². The van der Waals surface area contributed by atoms with Crippen LogP contribution in [0.1, 0.15) is 1.43 Å². The third kappa shape index (κ3) is 26.6. The quantitative estimate of drug-likeness (QED) is 0.109. The second kappa shape index (κ2) is 22.3. The van der Waals surface area contributed by atoms with E-state index in [0.717, 1.165) is 0 Å². The first-order valence-electron chi connectivity index (χ1n) is 7.22. The van der Waals surface area contributed by atoms with Crippen molar-refractivity contribution in [3.05, 3.63) is 0 Å². The molecule has 0 aromatic heterocycles. The van der Waals surface area contributed by atoms with Gasteiger partial charge in [0.2, 0.25) is 0 Å². The molecule has 0 heterocycles. The minimum Gasteiger partial charge on any atom is -1.00 e. The van der Waals surface area contributed by atoms with Crippen LogP contribution in [0, 0.1) is 0 Å². The first kappa shape index (κ1) is 33.2. The molecule has 166 valence electrons. The molecule has 1 N–H and O–H groups in total. The summed E-state index contributed by atoms with van der Waals surface area (Å²) in [6.07, 6.45) is 0. The monoisotopic (exact) mass is 473 g/mol. The van der Waals surface area contributed by atoms with Gasteiger partial charge in [0.1, 0.15) is 8.96 Å². The summed E-state index contributed by atoms with van der Waals surface area (Å²) in [5.74, 6) is 0. The van der Waals surface area contributed by atoms with Gasteiger partial charge in [-0.15, -0.1) is 0 Å². The van der Waals surface area contributed by atoms with Gasteiger partial charge in [0.25, 0.3) is 0 Å². The van der Waals surface area contributed by atoms with Gasteiger partial charge in [-0.25, -0.2) is 0 Å². The van der Waals surface area contributed by atoms with E-state index in [-0.39, 0.29) is 29.2 Å². The van der Waals surface area contributed by atoms with Crippen LogP contribution in [0.5, 0.6) is 0 Å². The Balaban J connectivity index is -0.000000267. The Labute approximate surface area is 179 Å². The molecule has 0 aliphatic rings. The second-order valence-electron chi connectivity index (χ2n) is 4.09. The van der Waals surface area contributed by atoms with Crippen molar-refractivity contribution < 1.29 is 74.4 Å². The zero-order valence-electron chi connectivity index (χ0n) is 16.8. The molecule has 0 bridgehead atoms. The Bertz CT molecular complexity index is 467. The van der Waals surface area contributed by atoms with Crippen molar-refractivity contribution in [2.75, 3.05) is 67.1 Å². The fourth-order valence-corrected chi connectivity index (χ4v) is 1.77. The van der Waals surface area contributed by atoms with Crippen LogP contribution >= 0.6 is 17.6 Å². The summed E-state index contributed by atoms with van der Waals surface area (Å²) in [7, 11) is -1.92. The Kier molecular flexibility index (Phi) is 26.4. The van der Waals surface area contributed by atoms with Gasteiger partial charge in [-0.1, -0.05) is 0 Å². The summed E-state index contributed by atoms with van der Waals surface area (Å²) in [6, 6.07) is 0. The summed E-state index contributed by atoms with van der Waals surface area (Å²) in [5, 5.41) is 0. The average molecular weight is 473 g/mol. The van der Waals surface area contributed by atoms with Crippen LogP contribution in [-0.4, -0.2) is 85.6 Å². The fraction of sp³-hybridized carbons (Fsp3) is 1.00. The number of rotatable bonds is 15. The van der Waals surface area contributed by atoms with Gasteiger partial charge in [-0.2, -0.15) is 26.1 Å². The molecule has 0 spiro atoms. The number of methoxy groups -OCH3 is 2. The van der Waals surface area contributed by atoms with Crippen LogP contribution in [0.4, 0.5) is 13.2 Å². The summed E-state index contributed by atoms with van der Waals surface area (Å²) in [4.78, 5) is 0. The zero-order valence-corrected chi connectivity index (χ0v) is 18.5. The van der Waals surface area contributed by atoms with E-state index in [1.54, 1.807) is 14.2 Å². The molecular weight excluding hydrogens is 448 g/mol. The van der Waals surface area contributed by atoms with Crippen molar-refractivity contribution in [2.24, 2.45) is 4.52 Å². The molecule has 0 radical (unpaired) electrons. The summed E-state index contributed by atoms with van der Waals surface area (Å²) in [5.41, 5.74) is -5.53. The van der Waals surface area contributed by atoms with Crippen molar-refractivity contribution in [1.82, 2.24) is 0 Å². The number of hydrogen-bond acceptors (Lipinski definition) is 9. The van der Waals surface area contributed by atoms with Gasteiger partial charge >= 0.3 is 34.5 Å². The maximum Gasteiger partial charge on any atom is 1.00 e. The normalized spacial score (nSPS) is 12.2. The molecule has 0 aromatic rings. The molecular formula is C11H25F3LiNO9P2S. The van der Waals surface area contributed by atoms with E-state index < -0.39 is 15.6 Å². The number of alkyl halides is 3. The molecule has 0 aromatic carbocycles. The number of hydrogen-bond donors (Lipinski definition) is 1. The van der Waals surface area contributed by atoms with Gasteiger partial charge in [-0.3, -0.25) is 4.55 Å². The fourth-order valence-electron chi connectivity index (χ4n) is 0.846. The molecule has 10 nitrogen and oxygen atoms in total. The summed E-state index contributed by atoms with van der Waals surface area (Å²) in [6.45, 7) is 4.52. The first-order valence-corrected chi connectivity index (χ1v) is 10.3. The van der Waals surface area contributed by atoms with Gasteiger partial charge < -0.3 is 29.4 Å². The van der Waals surface area contributed by atoms with E-state index in [1.165, 1.54) is 0 Å². The van der Waals surface area contributed by atoms with Crippen molar-refractivity contribution in [1.29, 1.82) is 0 Å². The molecule has 0 saturated carbocycles. The van der Waals surface area contributed by atoms with Crippen LogP contribution in [0.2, 0.25) is 0 Å². The smallest absolute Gasteiger partial charge is 1.00 e. The van der Waals surface area contributed by atoms with Gasteiger partial charge in [0.05, 0.1) is 52.9 Å². The van der Waals surface area contributed by atoms with Crippen molar-refractivity contribution in [3.8, 4) is 0 Å². The van der Waals surface area contributed by atoms with Crippen LogP contribution in [0.25, 0.3) is 0 Å². The van der Waals surface area contributed by atoms with Crippen LogP contribution in [0.3, 0.4) is 0 Å². The van der Waals surface area contributed by atoms with E-state index in [0.29, 0.717) is 61.5 Å². The Morgan fingerprint density at radius 3 is 1.82 bits per heavy atom. The molecule has 0 saturated heterocycles. The maximum atomic E-state index is 10.7. The molecule has 1 atom stereocenters. The Morgan fingerprint density at radius 2 is 1.39 bits per heavy atom. The van der Waals surface area contributed by atoms with Gasteiger partial charge in [-0.05, 0) is 0 Å². The predicted octanol–water partition coefficient (Wildman–Crippen LogP) is -0.591. The van der Waals surface area contributed by atoms with Crippen molar-refractivity contribution >= 4 is 27.7 Å². The minimum atomic E-state index is -5.84. The largest absolute Gasteiger partial charge is 1.00 e. The van der Waals surface area contributed by atoms with Crippen LogP contribution < -0.4 is 18.9 Å². The summed E-state index contributed by atoms with van der Waals surface area (Å²) >= 11 is 0. The Morgan fingerprint density at radius 1 is 0.964 bits per heavy atom. The van der Waals surface area contributed by atoms with E-state index in [4.69, 9.17) is 41.0 Å². The predicted molar refractivity (Wildman–Crippen MR) is 93.7 cm³/mol. The molecule has 0 rings (SSSR count). The van der Waals surface area contributed by atoms with Crippen LogP contribution in [0.15, 0.2) is 4.52 Å². The topological polar surface area (TPSA) is 122 Å². The zero-order chi connectivity index (χ0) is 21.0. The van der Waals surface area contributed by atoms with E-state index in [1.807, 2.05) is 0 Å².